The molecule has 1 rings (SSSR count). The molecule has 1 N–H and O–H groups in total. The van der Waals surface area contributed by atoms with Gasteiger partial charge in [-0.05, 0) is 38.8 Å². The van der Waals surface area contributed by atoms with Crippen LogP contribution in [0, 0.1) is 5.41 Å². The number of amides is 1. The molecule has 3 heteroatoms. The normalized spacial score (nSPS) is 19.1. The summed E-state index contributed by atoms with van der Waals surface area (Å²) in [6.45, 7) is 8.55. The summed E-state index contributed by atoms with van der Waals surface area (Å²) in [4.78, 5) is 14.2. The quantitative estimate of drug-likeness (QED) is 0.570. The summed E-state index contributed by atoms with van der Waals surface area (Å²) < 4.78 is 0. The van der Waals surface area contributed by atoms with Crippen LogP contribution >= 0.6 is 0 Å². The van der Waals surface area contributed by atoms with Crippen LogP contribution in [-0.4, -0.2) is 37.5 Å². The van der Waals surface area contributed by atoms with E-state index >= 15 is 0 Å². The Labute approximate surface area is 98.9 Å². The van der Waals surface area contributed by atoms with Gasteiger partial charge in [0.2, 0.25) is 5.91 Å². The Balaban J connectivity index is 2.44. The van der Waals surface area contributed by atoms with E-state index < -0.39 is 0 Å². The molecule has 16 heavy (non-hydrogen) atoms. The van der Waals surface area contributed by atoms with Crippen molar-refractivity contribution in [3.63, 3.8) is 0 Å². The van der Waals surface area contributed by atoms with Crippen LogP contribution < -0.4 is 5.32 Å². The minimum absolute atomic E-state index is 0.145. The van der Waals surface area contributed by atoms with Crippen LogP contribution in [0.3, 0.4) is 0 Å². The molecule has 1 fully saturated rings. The highest BCUT2D eigenvalue weighted by molar-refractivity contribution is 5.82. The molecule has 0 spiro atoms. The minimum atomic E-state index is -0.145. The van der Waals surface area contributed by atoms with Crippen molar-refractivity contribution in [3.05, 3.63) is 12.7 Å². The number of unbranched alkanes of at least 4 members (excludes halogenated alkanes) is 1. The van der Waals surface area contributed by atoms with Gasteiger partial charge in [-0.2, -0.15) is 0 Å². The summed E-state index contributed by atoms with van der Waals surface area (Å²) in [6.07, 6.45) is 5.82. The Morgan fingerprint density at radius 2 is 2.12 bits per heavy atom. The predicted molar refractivity (Wildman–Crippen MR) is 67.3 cm³/mol. The van der Waals surface area contributed by atoms with Gasteiger partial charge in [0, 0.05) is 19.0 Å². The van der Waals surface area contributed by atoms with Crippen LogP contribution in [0.5, 0.6) is 0 Å². The van der Waals surface area contributed by atoms with Crippen molar-refractivity contribution in [1.82, 2.24) is 10.2 Å². The Morgan fingerprint density at radius 3 is 2.69 bits per heavy atom. The van der Waals surface area contributed by atoms with Crippen molar-refractivity contribution in [2.45, 2.75) is 32.6 Å². The summed E-state index contributed by atoms with van der Waals surface area (Å²) in [7, 11) is 1.92. The minimum Gasteiger partial charge on any atom is -0.345 e. The monoisotopic (exact) mass is 224 g/mol. The highest BCUT2D eigenvalue weighted by atomic mass is 16.2. The maximum Gasteiger partial charge on any atom is 0.228 e. The molecule has 0 aromatic carbocycles. The fourth-order valence-electron chi connectivity index (χ4n) is 2.23. The maximum atomic E-state index is 12.3. The molecule has 1 saturated heterocycles. The molecule has 0 aliphatic carbocycles. The molecule has 1 aliphatic heterocycles. The van der Waals surface area contributed by atoms with Gasteiger partial charge in [-0.15, -0.1) is 6.58 Å². The lowest BCUT2D eigenvalue weighted by molar-refractivity contribution is -0.141. The van der Waals surface area contributed by atoms with E-state index in [-0.39, 0.29) is 5.41 Å². The molecular formula is C13H24N2O. The van der Waals surface area contributed by atoms with Gasteiger partial charge in [0.15, 0.2) is 0 Å². The molecular weight excluding hydrogens is 200 g/mol. The zero-order valence-electron chi connectivity index (χ0n) is 10.6. The number of nitrogens with zero attached hydrogens (tertiary/aromatic N) is 1. The molecule has 0 bridgehead atoms. The Hall–Kier alpha value is -0.830. The highest BCUT2D eigenvalue weighted by Gasteiger charge is 2.36. The summed E-state index contributed by atoms with van der Waals surface area (Å²) in [6, 6.07) is 0. The van der Waals surface area contributed by atoms with Gasteiger partial charge in [-0.1, -0.05) is 13.0 Å². The lowest BCUT2D eigenvalue weighted by atomic mass is 9.79. The Bertz CT molecular complexity index is 244. The number of piperidine rings is 1. The summed E-state index contributed by atoms with van der Waals surface area (Å²) in [5.41, 5.74) is -0.145. The summed E-state index contributed by atoms with van der Waals surface area (Å²) in [5.74, 6) is 0.304. The second kappa shape index (κ2) is 6.04. The third kappa shape index (κ3) is 3.34. The highest BCUT2D eigenvalue weighted by Crippen LogP contribution is 2.29. The molecule has 0 saturated carbocycles. The molecule has 1 aliphatic rings. The molecule has 1 heterocycles. The Kier molecular flexibility index (Phi) is 5.00. The standard InChI is InChI=1S/C13H24N2O/c1-4-5-6-11-15(3)12(16)13(2)7-9-14-10-8-13/h4,14H,1,5-11H2,2-3H3. The van der Waals surface area contributed by atoms with Gasteiger partial charge in [0.05, 0.1) is 0 Å². The second-order valence-corrected chi connectivity index (χ2v) is 4.97. The lowest BCUT2D eigenvalue weighted by Crippen LogP contribution is -2.46. The number of rotatable bonds is 5. The van der Waals surface area contributed by atoms with E-state index in [4.69, 9.17) is 0 Å². The third-order valence-electron chi connectivity index (χ3n) is 3.47. The Morgan fingerprint density at radius 1 is 1.50 bits per heavy atom. The summed E-state index contributed by atoms with van der Waals surface area (Å²) >= 11 is 0. The number of carbonyl (C=O) groups is 1. The number of carbonyl (C=O) groups excluding carboxylic acids is 1. The largest absolute Gasteiger partial charge is 0.345 e. The smallest absolute Gasteiger partial charge is 0.228 e. The van der Waals surface area contributed by atoms with E-state index in [1.54, 1.807) is 0 Å². The maximum absolute atomic E-state index is 12.3. The van der Waals surface area contributed by atoms with Gasteiger partial charge in [-0.3, -0.25) is 4.79 Å². The van der Waals surface area contributed by atoms with E-state index in [0.717, 1.165) is 45.3 Å². The van der Waals surface area contributed by atoms with E-state index in [9.17, 15) is 4.79 Å². The first-order chi connectivity index (χ1) is 7.60. The van der Waals surface area contributed by atoms with Gasteiger partial charge in [-0.25, -0.2) is 0 Å². The van der Waals surface area contributed by atoms with Crippen molar-refractivity contribution < 1.29 is 4.79 Å². The number of nitrogens with one attached hydrogen (secondary N) is 1. The van der Waals surface area contributed by atoms with Crippen molar-refractivity contribution in [3.8, 4) is 0 Å². The van der Waals surface area contributed by atoms with Crippen LogP contribution in [0.2, 0.25) is 0 Å². The third-order valence-corrected chi connectivity index (χ3v) is 3.47. The summed E-state index contributed by atoms with van der Waals surface area (Å²) in [5, 5.41) is 3.30. The van der Waals surface area contributed by atoms with Crippen molar-refractivity contribution in [2.24, 2.45) is 5.41 Å². The fraction of sp³-hybridized carbons (Fsp3) is 0.769. The van der Waals surface area contributed by atoms with E-state index in [1.807, 2.05) is 18.0 Å². The molecule has 92 valence electrons. The average molecular weight is 224 g/mol. The molecule has 0 atom stereocenters. The van der Waals surface area contributed by atoms with Crippen LogP contribution in [-0.2, 0) is 4.79 Å². The van der Waals surface area contributed by atoms with E-state index in [1.165, 1.54) is 0 Å². The number of hydrogen-bond donors (Lipinski definition) is 1. The first kappa shape index (κ1) is 13.2. The van der Waals surface area contributed by atoms with Gasteiger partial charge in [0.25, 0.3) is 0 Å². The first-order valence-electron chi connectivity index (χ1n) is 6.17. The molecule has 0 aromatic rings. The number of hydrogen-bond acceptors (Lipinski definition) is 2. The molecule has 3 nitrogen and oxygen atoms in total. The average Bonchev–Trinajstić information content (AvgIpc) is 2.29. The number of allylic oxidation sites excluding steroid dienone is 1. The zero-order valence-corrected chi connectivity index (χ0v) is 10.6. The van der Waals surface area contributed by atoms with Gasteiger partial charge in [0.1, 0.15) is 0 Å². The molecule has 0 aromatic heterocycles. The molecule has 0 unspecified atom stereocenters. The van der Waals surface area contributed by atoms with Crippen LogP contribution in [0.1, 0.15) is 32.6 Å². The van der Waals surface area contributed by atoms with Gasteiger partial charge >= 0.3 is 0 Å². The van der Waals surface area contributed by atoms with Crippen molar-refractivity contribution >= 4 is 5.91 Å². The van der Waals surface area contributed by atoms with Gasteiger partial charge < -0.3 is 10.2 Å². The lowest BCUT2D eigenvalue weighted by Gasteiger charge is -2.36. The zero-order chi connectivity index (χ0) is 12.0. The predicted octanol–water partition coefficient (Wildman–Crippen LogP) is 1.80. The van der Waals surface area contributed by atoms with E-state index in [0.29, 0.717) is 5.91 Å². The van der Waals surface area contributed by atoms with Crippen molar-refractivity contribution in [2.75, 3.05) is 26.7 Å². The fourth-order valence-corrected chi connectivity index (χ4v) is 2.23. The second-order valence-electron chi connectivity index (χ2n) is 4.97. The first-order valence-corrected chi connectivity index (χ1v) is 6.17. The topological polar surface area (TPSA) is 32.3 Å². The molecule has 1 amide bonds. The van der Waals surface area contributed by atoms with Crippen LogP contribution in [0.4, 0.5) is 0 Å². The van der Waals surface area contributed by atoms with Crippen LogP contribution in [0.15, 0.2) is 12.7 Å². The molecule has 0 radical (unpaired) electrons. The van der Waals surface area contributed by atoms with E-state index in [2.05, 4.69) is 18.8 Å². The SMILES string of the molecule is C=CCCCN(C)C(=O)C1(C)CCNCC1. The van der Waals surface area contributed by atoms with Crippen LogP contribution in [0.25, 0.3) is 0 Å². The van der Waals surface area contributed by atoms with Crippen molar-refractivity contribution in [1.29, 1.82) is 0 Å².